The number of anilines is 2. The zero-order valence-electron chi connectivity index (χ0n) is 17.4. The molecule has 3 aliphatic rings. The summed E-state index contributed by atoms with van der Waals surface area (Å²) in [6.07, 6.45) is 6.98. The van der Waals surface area contributed by atoms with Gasteiger partial charge in [-0.25, -0.2) is 15.0 Å². The maximum Gasteiger partial charge on any atom is 0.187 e. The molecule has 9 nitrogen and oxygen atoms in total. The summed E-state index contributed by atoms with van der Waals surface area (Å²) in [5, 5.41) is 0. The summed E-state index contributed by atoms with van der Waals surface area (Å²) < 4.78 is 11.6. The first kappa shape index (κ1) is 19.3. The predicted molar refractivity (Wildman–Crippen MR) is 113 cm³/mol. The molecule has 5 rings (SSSR count). The summed E-state index contributed by atoms with van der Waals surface area (Å²) in [4.78, 5) is 25.7. The molecule has 0 amide bonds. The molecule has 0 N–H and O–H groups in total. The lowest BCUT2D eigenvalue weighted by Gasteiger charge is -2.45. The van der Waals surface area contributed by atoms with Crippen LogP contribution in [0.4, 0.5) is 11.6 Å². The van der Waals surface area contributed by atoms with Crippen molar-refractivity contribution < 1.29 is 9.47 Å². The smallest absolute Gasteiger partial charge is 0.187 e. The Hall–Kier alpha value is -2.62. The van der Waals surface area contributed by atoms with Gasteiger partial charge in [-0.15, -0.1) is 0 Å². The zero-order valence-corrected chi connectivity index (χ0v) is 17.4. The number of aromatic nitrogens is 3. The van der Waals surface area contributed by atoms with Crippen molar-refractivity contribution in [3.05, 3.63) is 42.5 Å². The van der Waals surface area contributed by atoms with Gasteiger partial charge in [-0.3, -0.25) is 14.8 Å². The van der Waals surface area contributed by atoms with Gasteiger partial charge in [-0.1, -0.05) is 0 Å². The van der Waals surface area contributed by atoms with Gasteiger partial charge in [-0.2, -0.15) is 0 Å². The van der Waals surface area contributed by atoms with Crippen LogP contribution in [0.25, 0.3) is 0 Å². The molecule has 30 heavy (non-hydrogen) atoms. The van der Waals surface area contributed by atoms with Crippen LogP contribution in [0.5, 0.6) is 0 Å². The third-order valence-corrected chi connectivity index (χ3v) is 5.61. The van der Waals surface area contributed by atoms with E-state index < -0.39 is 0 Å². The third-order valence-electron chi connectivity index (χ3n) is 5.61. The molecule has 0 aliphatic carbocycles. The van der Waals surface area contributed by atoms with Crippen molar-refractivity contribution in [1.82, 2.24) is 24.8 Å². The van der Waals surface area contributed by atoms with Crippen molar-refractivity contribution in [1.29, 1.82) is 0 Å². The number of hydrogen-bond acceptors (Lipinski definition) is 9. The van der Waals surface area contributed by atoms with Gasteiger partial charge in [0.15, 0.2) is 12.1 Å². The summed E-state index contributed by atoms with van der Waals surface area (Å²) >= 11 is 0. The van der Waals surface area contributed by atoms with Crippen LogP contribution in [0.2, 0.25) is 0 Å². The summed E-state index contributed by atoms with van der Waals surface area (Å²) in [6.45, 7) is 8.84. The van der Waals surface area contributed by atoms with Crippen molar-refractivity contribution in [2.45, 2.75) is 32.3 Å². The molecule has 158 valence electrons. The van der Waals surface area contributed by atoms with E-state index in [2.05, 4.69) is 44.6 Å². The van der Waals surface area contributed by atoms with Crippen molar-refractivity contribution in [2.75, 3.05) is 44.3 Å². The number of aliphatic imine (C=N–C) groups is 1. The highest BCUT2D eigenvalue weighted by molar-refractivity contribution is 6.05. The van der Waals surface area contributed by atoms with Gasteiger partial charge in [0.05, 0.1) is 37.2 Å². The average Bonchev–Trinajstić information content (AvgIpc) is 2.78. The van der Waals surface area contributed by atoms with E-state index in [0.29, 0.717) is 13.2 Å². The summed E-state index contributed by atoms with van der Waals surface area (Å²) in [5.74, 6) is 2.56. The standard InChI is InChI=1S/C21H27N7O2/c1-15-13-27(14-16(2)30-15)21-25-20(26-8-10-29-11-9-26)17-4-3-5-24-19(17)28(21)18-12-22-6-7-23-18/h3-7,12,15-16,21H,8-11,13-14H2,1-2H3. The fraction of sp³-hybridized carbons (Fsp3) is 0.524. The molecule has 0 aromatic carbocycles. The van der Waals surface area contributed by atoms with E-state index in [0.717, 1.165) is 49.2 Å². The van der Waals surface area contributed by atoms with Gasteiger partial charge < -0.3 is 14.4 Å². The molecule has 3 atom stereocenters. The first-order valence-electron chi connectivity index (χ1n) is 10.5. The topological polar surface area (TPSA) is 79.2 Å². The Kier molecular flexibility index (Phi) is 5.32. The first-order chi connectivity index (χ1) is 14.7. The third kappa shape index (κ3) is 3.64. The number of nitrogens with zero attached hydrogens (tertiary/aromatic N) is 7. The van der Waals surface area contributed by atoms with Crippen LogP contribution in [-0.2, 0) is 9.47 Å². The highest BCUT2D eigenvalue weighted by Crippen LogP contribution is 2.35. The van der Waals surface area contributed by atoms with Crippen LogP contribution in [0, 0.1) is 0 Å². The Bertz CT molecular complexity index is 893. The molecule has 0 bridgehead atoms. The Balaban J connectivity index is 1.62. The van der Waals surface area contributed by atoms with Crippen LogP contribution in [0.15, 0.2) is 41.9 Å². The number of fused-ring (bicyclic) bond motifs is 1. The van der Waals surface area contributed by atoms with Gasteiger partial charge in [0.25, 0.3) is 0 Å². The van der Waals surface area contributed by atoms with Crippen LogP contribution in [0.3, 0.4) is 0 Å². The normalized spacial score (nSPS) is 27.5. The van der Waals surface area contributed by atoms with Gasteiger partial charge >= 0.3 is 0 Å². The van der Waals surface area contributed by atoms with E-state index in [-0.39, 0.29) is 18.5 Å². The Morgan fingerprint density at radius 3 is 2.53 bits per heavy atom. The lowest BCUT2D eigenvalue weighted by atomic mass is 10.1. The van der Waals surface area contributed by atoms with Gasteiger partial charge in [0, 0.05) is 44.8 Å². The molecule has 2 aromatic heterocycles. The molecule has 2 aromatic rings. The maximum absolute atomic E-state index is 5.98. The van der Waals surface area contributed by atoms with E-state index in [1.54, 1.807) is 18.6 Å². The quantitative estimate of drug-likeness (QED) is 0.738. The SMILES string of the molecule is CC1CN(C2N=C(N3CCOCC3)c3cccnc3N2c2cnccn2)CC(C)O1. The number of amidine groups is 1. The Labute approximate surface area is 176 Å². The molecule has 3 unspecified atom stereocenters. The van der Waals surface area contributed by atoms with Crippen molar-refractivity contribution in [2.24, 2.45) is 4.99 Å². The predicted octanol–water partition coefficient (Wildman–Crippen LogP) is 1.49. The fourth-order valence-corrected chi connectivity index (χ4v) is 4.43. The summed E-state index contributed by atoms with van der Waals surface area (Å²) in [6, 6.07) is 4.05. The van der Waals surface area contributed by atoms with E-state index in [9.17, 15) is 0 Å². The Morgan fingerprint density at radius 1 is 1.00 bits per heavy atom. The van der Waals surface area contributed by atoms with Crippen LogP contribution in [0.1, 0.15) is 19.4 Å². The molecule has 2 saturated heterocycles. The van der Waals surface area contributed by atoms with Gasteiger partial charge in [0.1, 0.15) is 11.7 Å². The van der Waals surface area contributed by atoms with Crippen molar-refractivity contribution in [3.8, 4) is 0 Å². The Morgan fingerprint density at radius 2 is 1.80 bits per heavy atom. The second-order valence-electron chi connectivity index (χ2n) is 7.92. The van der Waals surface area contributed by atoms with E-state index in [1.165, 1.54) is 0 Å². The monoisotopic (exact) mass is 409 g/mol. The molecular formula is C21H27N7O2. The number of ether oxygens (including phenoxy) is 2. The van der Waals surface area contributed by atoms with Crippen LogP contribution >= 0.6 is 0 Å². The van der Waals surface area contributed by atoms with Crippen LogP contribution in [-0.4, -0.2) is 88.5 Å². The molecular weight excluding hydrogens is 382 g/mol. The van der Waals surface area contributed by atoms with Gasteiger partial charge in [-0.05, 0) is 26.0 Å². The van der Waals surface area contributed by atoms with E-state index in [1.807, 2.05) is 12.3 Å². The second-order valence-corrected chi connectivity index (χ2v) is 7.92. The molecule has 2 fully saturated rings. The summed E-state index contributed by atoms with van der Waals surface area (Å²) in [5.41, 5.74) is 1.01. The van der Waals surface area contributed by atoms with Gasteiger partial charge in [0.2, 0.25) is 0 Å². The maximum atomic E-state index is 5.98. The van der Waals surface area contributed by atoms with E-state index in [4.69, 9.17) is 19.5 Å². The minimum absolute atomic E-state index is 0.129. The largest absolute Gasteiger partial charge is 0.378 e. The van der Waals surface area contributed by atoms with E-state index >= 15 is 0 Å². The zero-order chi connectivity index (χ0) is 20.5. The first-order valence-corrected chi connectivity index (χ1v) is 10.5. The fourth-order valence-electron chi connectivity index (χ4n) is 4.43. The summed E-state index contributed by atoms with van der Waals surface area (Å²) in [7, 11) is 0. The molecule has 0 spiro atoms. The highest BCUT2D eigenvalue weighted by Gasteiger charge is 2.39. The molecule has 3 aliphatic heterocycles. The number of pyridine rings is 1. The number of morpholine rings is 2. The minimum Gasteiger partial charge on any atom is -0.378 e. The number of rotatable bonds is 2. The second kappa shape index (κ2) is 8.25. The molecule has 0 radical (unpaired) electrons. The average molecular weight is 409 g/mol. The molecule has 5 heterocycles. The number of hydrogen-bond donors (Lipinski definition) is 0. The lowest BCUT2D eigenvalue weighted by Crippen LogP contribution is -2.57. The van der Waals surface area contributed by atoms with Crippen LogP contribution < -0.4 is 4.90 Å². The van der Waals surface area contributed by atoms with Crippen molar-refractivity contribution >= 4 is 17.5 Å². The molecule has 9 heteroatoms. The lowest BCUT2D eigenvalue weighted by molar-refractivity contribution is -0.0790. The van der Waals surface area contributed by atoms with Crippen molar-refractivity contribution in [3.63, 3.8) is 0 Å². The highest BCUT2D eigenvalue weighted by atomic mass is 16.5. The molecule has 0 saturated carbocycles. The minimum atomic E-state index is -0.268.